The number of halogens is 2. The van der Waals surface area contributed by atoms with Crippen LogP contribution in [0.3, 0.4) is 0 Å². The number of H-pyrrole nitrogens is 1. The summed E-state index contributed by atoms with van der Waals surface area (Å²) >= 11 is 12.5. The van der Waals surface area contributed by atoms with E-state index in [0.29, 0.717) is 21.1 Å². The van der Waals surface area contributed by atoms with Gasteiger partial charge in [0.2, 0.25) is 0 Å². The fourth-order valence-electron chi connectivity index (χ4n) is 2.41. The van der Waals surface area contributed by atoms with Crippen LogP contribution in [-0.4, -0.2) is 12.0 Å². The van der Waals surface area contributed by atoms with Gasteiger partial charge in [-0.05, 0) is 36.9 Å². The van der Waals surface area contributed by atoms with Crippen molar-refractivity contribution in [2.45, 2.75) is 6.04 Å². The van der Waals surface area contributed by atoms with E-state index < -0.39 is 5.76 Å². The summed E-state index contributed by atoms with van der Waals surface area (Å²) in [4.78, 5) is 13.8. The molecule has 1 heterocycles. The lowest BCUT2D eigenvalue weighted by Crippen LogP contribution is -2.18. The highest BCUT2D eigenvalue weighted by molar-refractivity contribution is 6.36. The molecule has 0 fully saturated rings. The lowest BCUT2D eigenvalue weighted by atomic mass is 9.98. The summed E-state index contributed by atoms with van der Waals surface area (Å²) in [5.74, 6) is -0.473. The Hall–Kier alpha value is -1.75. The summed E-state index contributed by atoms with van der Waals surface area (Å²) in [7, 11) is 1.82. The molecule has 3 aromatic rings. The zero-order valence-corrected chi connectivity index (χ0v) is 12.6. The minimum Gasteiger partial charge on any atom is -0.408 e. The van der Waals surface area contributed by atoms with Crippen LogP contribution in [0.2, 0.25) is 10.0 Å². The number of fused-ring (bicyclic) bond motifs is 1. The van der Waals surface area contributed by atoms with Crippen molar-refractivity contribution in [3.63, 3.8) is 0 Å². The fraction of sp³-hybridized carbons (Fsp3) is 0.133. The Balaban J connectivity index is 2.15. The van der Waals surface area contributed by atoms with Crippen molar-refractivity contribution < 1.29 is 4.42 Å². The number of rotatable bonds is 3. The molecule has 1 unspecified atom stereocenters. The van der Waals surface area contributed by atoms with Crippen molar-refractivity contribution in [3.8, 4) is 0 Å². The molecular weight excluding hydrogens is 311 g/mol. The molecule has 1 atom stereocenters. The Morgan fingerprint density at radius 3 is 2.57 bits per heavy atom. The highest BCUT2D eigenvalue weighted by Crippen LogP contribution is 2.34. The van der Waals surface area contributed by atoms with E-state index in [2.05, 4.69) is 10.3 Å². The highest BCUT2D eigenvalue weighted by Gasteiger charge is 2.19. The molecule has 6 heteroatoms. The van der Waals surface area contributed by atoms with Crippen molar-refractivity contribution in [2.24, 2.45) is 0 Å². The number of nitrogens with one attached hydrogen (secondary N) is 2. The molecule has 0 aliphatic heterocycles. The Bertz CT molecular complexity index is 834. The van der Waals surface area contributed by atoms with Gasteiger partial charge in [-0.3, -0.25) is 4.98 Å². The summed E-state index contributed by atoms with van der Waals surface area (Å²) < 4.78 is 5.09. The van der Waals surface area contributed by atoms with Crippen LogP contribution in [0.25, 0.3) is 11.1 Å². The van der Waals surface area contributed by atoms with Gasteiger partial charge in [0.25, 0.3) is 0 Å². The maximum atomic E-state index is 11.2. The third kappa shape index (κ3) is 2.58. The van der Waals surface area contributed by atoms with Crippen LogP contribution >= 0.6 is 23.2 Å². The Morgan fingerprint density at radius 1 is 1.19 bits per heavy atom. The predicted molar refractivity (Wildman–Crippen MR) is 84.2 cm³/mol. The number of aromatic amines is 1. The van der Waals surface area contributed by atoms with Gasteiger partial charge in [-0.2, -0.15) is 0 Å². The summed E-state index contributed by atoms with van der Waals surface area (Å²) in [5, 5.41) is 4.35. The van der Waals surface area contributed by atoms with Crippen LogP contribution in [-0.2, 0) is 0 Å². The molecule has 21 heavy (non-hydrogen) atoms. The molecule has 0 amide bonds. The molecule has 0 spiro atoms. The van der Waals surface area contributed by atoms with Gasteiger partial charge in [0.15, 0.2) is 5.58 Å². The number of hydrogen-bond donors (Lipinski definition) is 2. The van der Waals surface area contributed by atoms with Crippen LogP contribution < -0.4 is 11.1 Å². The summed E-state index contributed by atoms with van der Waals surface area (Å²) in [5.41, 5.74) is 2.85. The first-order chi connectivity index (χ1) is 10.1. The Morgan fingerprint density at radius 2 is 1.90 bits per heavy atom. The lowest BCUT2D eigenvalue weighted by Gasteiger charge is -2.19. The van der Waals surface area contributed by atoms with Crippen LogP contribution in [0.15, 0.2) is 45.6 Å². The van der Waals surface area contributed by atoms with Crippen LogP contribution in [0.4, 0.5) is 0 Å². The van der Waals surface area contributed by atoms with E-state index in [1.165, 1.54) is 0 Å². The normalized spacial score (nSPS) is 12.7. The topological polar surface area (TPSA) is 58.0 Å². The van der Waals surface area contributed by atoms with Gasteiger partial charge in [-0.25, -0.2) is 4.79 Å². The third-order valence-corrected chi connectivity index (χ3v) is 4.01. The molecular formula is C15H12Cl2N2O2. The largest absolute Gasteiger partial charge is 0.417 e. The van der Waals surface area contributed by atoms with E-state index in [9.17, 15) is 4.79 Å². The van der Waals surface area contributed by atoms with Crippen molar-refractivity contribution in [2.75, 3.05) is 7.05 Å². The summed E-state index contributed by atoms with van der Waals surface area (Å²) in [6.45, 7) is 0. The van der Waals surface area contributed by atoms with Crippen molar-refractivity contribution in [1.29, 1.82) is 0 Å². The number of benzene rings is 2. The first kappa shape index (κ1) is 14.2. The SMILES string of the molecule is CNC(c1ccc2[nH]c(=O)oc2c1)c1c(Cl)cccc1Cl. The molecule has 0 radical (unpaired) electrons. The second-order valence-corrected chi connectivity index (χ2v) is 5.44. The lowest BCUT2D eigenvalue weighted by molar-refractivity contribution is 0.554. The van der Waals surface area contributed by atoms with E-state index in [0.717, 1.165) is 11.1 Å². The standard InChI is InChI=1S/C15H12Cl2N2O2/c1-18-14(13-9(16)3-2-4-10(13)17)8-5-6-11-12(7-8)21-15(20)19-11/h2-7,14,18H,1H3,(H,19,20). The van der Waals surface area contributed by atoms with Gasteiger partial charge >= 0.3 is 5.76 Å². The molecule has 4 nitrogen and oxygen atoms in total. The molecule has 0 bridgehead atoms. The van der Waals surface area contributed by atoms with Gasteiger partial charge in [0, 0.05) is 15.6 Å². The van der Waals surface area contributed by atoms with Crippen molar-refractivity contribution in [1.82, 2.24) is 10.3 Å². The molecule has 108 valence electrons. The zero-order valence-electron chi connectivity index (χ0n) is 11.1. The molecule has 0 saturated heterocycles. The number of hydrogen-bond acceptors (Lipinski definition) is 3. The first-order valence-corrected chi connectivity index (χ1v) is 7.09. The zero-order chi connectivity index (χ0) is 15.0. The van der Waals surface area contributed by atoms with E-state index >= 15 is 0 Å². The quantitative estimate of drug-likeness (QED) is 0.772. The first-order valence-electron chi connectivity index (χ1n) is 6.34. The van der Waals surface area contributed by atoms with Crippen LogP contribution in [0, 0.1) is 0 Å². The van der Waals surface area contributed by atoms with Crippen LogP contribution in [0.5, 0.6) is 0 Å². The summed E-state index contributed by atoms with van der Waals surface area (Å²) in [6, 6.07) is 10.7. The van der Waals surface area contributed by atoms with Crippen molar-refractivity contribution in [3.05, 3.63) is 68.1 Å². The summed E-state index contributed by atoms with van der Waals surface area (Å²) in [6.07, 6.45) is 0. The van der Waals surface area contributed by atoms with Crippen LogP contribution in [0.1, 0.15) is 17.2 Å². The Kier molecular flexibility index (Phi) is 3.76. The molecule has 1 aromatic heterocycles. The second kappa shape index (κ2) is 5.56. The van der Waals surface area contributed by atoms with E-state index in [1.807, 2.05) is 13.1 Å². The van der Waals surface area contributed by atoms with Crippen molar-refractivity contribution >= 4 is 34.3 Å². The van der Waals surface area contributed by atoms with E-state index in [4.69, 9.17) is 27.6 Å². The number of aromatic nitrogens is 1. The molecule has 2 N–H and O–H groups in total. The van der Waals surface area contributed by atoms with E-state index in [1.54, 1.807) is 30.3 Å². The molecule has 2 aromatic carbocycles. The van der Waals surface area contributed by atoms with Gasteiger partial charge in [0.05, 0.1) is 11.6 Å². The monoisotopic (exact) mass is 322 g/mol. The molecule has 0 aliphatic carbocycles. The van der Waals surface area contributed by atoms with Gasteiger partial charge in [-0.15, -0.1) is 0 Å². The molecule has 0 saturated carbocycles. The minimum atomic E-state index is -0.473. The average Bonchev–Trinajstić information content (AvgIpc) is 2.82. The smallest absolute Gasteiger partial charge is 0.408 e. The van der Waals surface area contributed by atoms with Gasteiger partial charge in [0.1, 0.15) is 0 Å². The van der Waals surface area contributed by atoms with E-state index in [-0.39, 0.29) is 6.04 Å². The Labute approximate surface area is 130 Å². The maximum absolute atomic E-state index is 11.2. The average molecular weight is 323 g/mol. The molecule has 3 rings (SSSR count). The van der Waals surface area contributed by atoms with Gasteiger partial charge < -0.3 is 9.73 Å². The molecule has 0 aliphatic rings. The maximum Gasteiger partial charge on any atom is 0.417 e. The number of oxazole rings is 1. The third-order valence-electron chi connectivity index (χ3n) is 3.36. The fourth-order valence-corrected chi connectivity index (χ4v) is 3.02. The van der Waals surface area contributed by atoms with Gasteiger partial charge in [-0.1, -0.05) is 35.3 Å². The minimum absolute atomic E-state index is 0.198. The predicted octanol–water partition coefficient (Wildman–Crippen LogP) is 3.74. The second-order valence-electron chi connectivity index (χ2n) is 4.63. The highest BCUT2D eigenvalue weighted by atomic mass is 35.5.